The molecule has 10 heteroatoms. The summed E-state index contributed by atoms with van der Waals surface area (Å²) in [6.07, 6.45) is -3.76. The Morgan fingerprint density at radius 2 is 1.79 bits per heavy atom. The first-order valence-corrected chi connectivity index (χ1v) is 8.83. The van der Waals surface area contributed by atoms with Gasteiger partial charge in [0, 0.05) is 5.57 Å². The molecule has 0 amide bonds. The Morgan fingerprint density at radius 1 is 1.14 bits per heavy atom. The van der Waals surface area contributed by atoms with Crippen molar-refractivity contribution in [3.63, 3.8) is 0 Å². The van der Waals surface area contributed by atoms with E-state index in [9.17, 15) is 30.0 Å². The summed E-state index contributed by atoms with van der Waals surface area (Å²) >= 11 is 0. The lowest BCUT2D eigenvalue weighted by molar-refractivity contribution is -0.314. The van der Waals surface area contributed by atoms with Crippen molar-refractivity contribution in [3.05, 3.63) is 23.8 Å². The van der Waals surface area contributed by atoms with Crippen LogP contribution in [0.25, 0.3) is 0 Å². The summed E-state index contributed by atoms with van der Waals surface area (Å²) in [5.74, 6) is -2.56. The number of aliphatic hydroxyl groups is 4. The second-order valence-corrected chi connectivity index (χ2v) is 6.77. The quantitative estimate of drug-likeness (QED) is 0.201. The number of aliphatic hydroxyl groups excluding tert-OH is 4. The minimum Gasteiger partial charge on any atom is -0.481 e. The molecule has 1 fully saturated rings. The van der Waals surface area contributed by atoms with Crippen molar-refractivity contribution in [3.8, 4) is 0 Å². The van der Waals surface area contributed by atoms with Crippen LogP contribution in [0.3, 0.4) is 0 Å². The zero-order valence-corrected chi connectivity index (χ0v) is 15.7. The number of carbonyl (C=O) groups is 2. The van der Waals surface area contributed by atoms with Gasteiger partial charge in [-0.1, -0.05) is 25.2 Å². The van der Waals surface area contributed by atoms with Crippen LogP contribution < -0.4 is 0 Å². The van der Waals surface area contributed by atoms with Crippen molar-refractivity contribution in [2.75, 3.05) is 6.61 Å². The topological polar surface area (TPSA) is 174 Å². The van der Waals surface area contributed by atoms with Crippen LogP contribution in [0.5, 0.6) is 0 Å². The average molecular weight is 404 g/mol. The smallest absolute Gasteiger partial charge is 0.331 e. The molecule has 0 bridgehead atoms. The van der Waals surface area contributed by atoms with Gasteiger partial charge in [0.2, 0.25) is 0 Å². The highest BCUT2D eigenvalue weighted by Gasteiger charge is 2.45. The van der Waals surface area contributed by atoms with Crippen molar-refractivity contribution in [1.29, 1.82) is 0 Å². The number of rotatable bonds is 10. The SMILES string of the molecule is C/C(=C/C=C/CC(C)C(CC(=O)O)O[C@@H]1O[C@H](CO)[C@@H](O)[C@H](O)[C@H]1O)C(=O)O. The van der Waals surface area contributed by atoms with Crippen LogP contribution in [0.4, 0.5) is 0 Å². The van der Waals surface area contributed by atoms with E-state index in [0.717, 1.165) is 0 Å². The van der Waals surface area contributed by atoms with Crippen molar-refractivity contribution in [2.45, 2.75) is 63.5 Å². The zero-order chi connectivity index (χ0) is 21.4. The van der Waals surface area contributed by atoms with Gasteiger partial charge in [0.1, 0.15) is 24.4 Å². The number of carboxylic acid groups (broad SMARTS) is 2. The molecule has 2 unspecified atom stereocenters. The Hall–Kier alpha value is -1.82. The number of aliphatic carboxylic acids is 2. The Morgan fingerprint density at radius 3 is 2.32 bits per heavy atom. The minimum absolute atomic E-state index is 0.142. The Balaban J connectivity index is 2.81. The molecule has 1 aliphatic rings. The van der Waals surface area contributed by atoms with E-state index in [1.54, 1.807) is 13.0 Å². The van der Waals surface area contributed by atoms with Crippen LogP contribution in [0, 0.1) is 5.92 Å². The lowest BCUT2D eigenvalue weighted by Crippen LogP contribution is -2.60. The van der Waals surface area contributed by atoms with Crippen LogP contribution in [0.2, 0.25) is 0 Å². The lowest BCUT2D eigenvalue weighted by atomic mass is 9.96. The fourth-order valence-corrected chi connectivity index (χ4v) is 2.64. The second-order valence-electron chi connectivity index (χ2n) is 6.77. The summed E-state index contributed by atoms with van der Waals surface area (Å²) in [6.45, 7) is 2.52. The van der Waals surface area contributed by atoms with Crippen molar-refractivity contribution in [1.82, 2.24) is 0 Å². The van der Waals surface area contributed by atoms with E-state index in [1.807, 2.05) is 0 Å². The highest BCUT2D eigenvalue weighted by atomic mass is 16.7. The van der Waals surface area contributed by atoms with Crippen LogP contribution in [0.1, 0.15) is 26.7 Å². The molecule has 6 N–H and O–H groups in total. The molecule has 1 rings (SSSR count). The normalized spacial score (nSPS) is 30.9. The third kappa shape index (κ3) is 6.97. The van der Waals surface area contributed by atoms with E-state index in [0.29, 0.717) is 6.42 Å². The van der Waals surface area contributed by atoms with Gasteiger partial charge in [-0.2, -0.15) is 0 Å². The van der Waals surface area contributed by atoms with Gasteiger partial charge in [-0.3, -0.25) is 4.79 Å². The predicted molar refractivity (Wildman–Crippen MR) is 95.2 cm³/mol. The van der Waals surface area contributed by atoms with Crippen molar-refractivity contribution >= 4 is 11.9 Å². The first-order chi connectivity index (χ1) is 13.1. The summed E-state index contributed by atoms with van der Waals surface area (Å²) in [7, 11) is 0. The molecule has 1 saturated heterocycles. The average Bonchev–Trinajstić information content (AvgIpc) is 2.63. The van der Waals surface area contributed by atoms with Crippen molar-refractivity contribution in [2.24, 2.45) is 5.92 Å². The maximum absolute atomic E-state index is 11.2. The molecular weight excluding hydrogens is 376 g/mol. The molecular formula is C18H28O10. The third-order valence-corrected chi connectivity index (χ3v) is 4.50. The van der Waals surface area contributed by atoms with Gasteiger partial charge >= 0.3 is 11.9 Å². The maximum atomic E-state index is 11.2. The predicted octanol–water partition coefficient (Wildman–Crippen LogP) is -0.740. The molecule has 0 aliphatic carbocycles. The second kappa shape index (κ2) is 11.2. The van der Waals surface area contributed by atoms with Crippen LogP contribution in [-0.4, -0.2) is 86.0 Å². The van der Waals surface area contributed by atoms with Crippen LogP contribution >= 0.6 is 0 Å². The first-order valence-electron chi connectivity index (χ1n) is 8.83. The molecule has 0 saturated carbocycles. The van der Waals surface area contributed by atoms with E-state index in [2.05, 4.69) is 0 Å². The number of ether oxygens (including phenoxy) is 2. The van der Waals surface area contributed by atoms with E-state index in [1.165, 1.54) is 19.1 Å². The highest BCUT2D eigenvalue weighted by molar-refractivity contribution is 5.86. The molecule has 0 aromatic carbocycles. The molecule has 1 aliphatic heterocycles. The number of hydrogen-bond donors (Lipinski definition) is 6. The van der Waals surface area contributed by atoms with Gasteiger partial charge in [0.25, 0.3) is 0 Å². The van der Waals surface area contributed by atoms with Crippen molar-refractivity contribution < 1.29 is 49.7 Å². The fourth-order valence-electron chi connectivity index (χ4n) is 2.64. The molecule has 0 spiro atoms. The fraction of sp³-hybridized carbons (Fsp3) is 0.667. The summed E-state index contributed by atoms with van der Waals surface area (Å²) in [4.78, 5) is 21.9. The van der Waals surface area contributed by atoms with Gasteiger partial charge in [0.15, 0.2) is 6.29 Å². The third-order valence-electron chi connectivity index (χ3n) is 4.50. The zero-order valence-electron chi connectivity index (χ0n) is 15.7. The van der Waals surface area contributed by atoms with Crippen LogP contribution in [-0.2, 0) is 19.1 Å². The monoisotopic (exact) mass is 404 g/mol. The van der Waals surface area contributed by atoms with Crippen LogP contribution in [0.15, 0.2) is 23.8 Å². The summed E-state index contributed by atoms with van der Waals surface area (Å²) in [5.41, 5.74) is 0.142. The largest absolute Gasteiger partial charge is 0.481 e. The number of hydrogen-bond acceptors (Lipinski definition) is 8. The summed E-state index contributed by atoms with van der Waals surface area (Å²) in [5, 5.41) is 56.8. The summed E-state index contributed by atoms with van der Waals surface area (Å²) < 4.78 is 10.8. The molecule has 10 nitrogen and oxygen atoms in total. The van der Waals surface area contributed by atoms with E-state index in [-0.39, 0.29) is 11.5 Å². The Labute approximate surface area is 162 Å². The Bertz CT molecular complexity index is 585. The minimum atomic E-state index is -1.63. The Kier molecular flexibility index (Phi) is 9.73. The van der Waals surface area contributed by atoms with E-state index in [4.69, 9.17) is 19.7 Å². The molecule has 28 heavy (non-hydrogen) atoms. The molecule has 0 aromatic rings. The highest BCUT2D eigenvalue weighted by Crippen LogP contribution is 2.26. The maximum Gasteiger partial charge on any atom is 0.331 e. The van der Waals surface area contributed by atoms with Gasteiger partial charge in [-0.15, -0.1) is 0 Å². The van der Waals surface area contributed by atoms with Gasteiger partial charge in [-0.05, 0) is 19.3 Å². The summed E-state index contributed by atoms with van der Waals surface area (Å²) in [6, 6.07) is 0. The first kappa shape index (κ1) is 24.2. The van der Waals surface area contributed by atoms with E-state index >= 15 is 0 Å². The number of allylic oxidation sites excluding steroid dienone is 3. The lowest BCUT2D eigenvalue weighted by Gasteiger charge is -2.41. The van der Waals surface area contributed by atoms with E-state index < -0.39 is 61.8 Å². The van der Waals surface area contributed by atoms with Gasteiger partial charge < -0.3 is 40.1 Å². The molecule has 1 heterocycles. The number of carboxylic acids is 2. The molecule has 0 aromatic heterocycles. The molecule has 0 radical (unpaired) electrons. The standard InChI is InChI=1S/C18H28O10/c1-9(5-3-4-6-10(2)17(25)26)11(7-13(20)21)27-18-16(24)15(23)14(22)12(8-19)28-18/h3-4,6,9,11-12,14-16,18-19,22-24H,5,7-8H2,1-2H3,(H,20,21)(H,25,26)/b4-3+,10-6-/t9?,11?,12-,14-,15+,16-,18-/m1/s1. The van der Waals surface area contributed by atoms with Gasteiger partial charge in [-0.25, -0.2) is 4.79 Å². The van der Waals surface area contributed by atoms with Gasteiger partial charge in [0.05, 0.1) is 19.1 Å². The molecule has 7 atom stereocenters. The molecule has 160 valence electrons.